The Morgan fingerprint density at radius 3 is 2.59 bits per heavy atom. The van der Waals surface area contributed by atoms with Gasteiger partial charge in [-0.25, -0.2) is 4.98 Å². The van der Waals surface area contributed by atoms with Crippen LogP contribution < -0.4 is 0 Å². The monoisotopic (exact) mass is 392 g/mol. The summed E-state index contributed by atoms with van der Waals surface area (Å²) in [5.74, 6) is 2.78. The third-order valence-electron chi connectivity index (χ3n) is 6.40. The standard InChI is InChI=1S/C23H32N6/c1-16-6-9-28(10-7-16)14-20-13-21(18(3)12-17(20)2)23-24-8-11-29(23)19(4)22-26-25-15-27(22)5/h8,11-13,15-16,19H,6-7,9-10,14H2,1-5H3. The van der Waals surface area contributed by atoms with Crippen LogP contribution in [0.1, 0.15) is 55.2 Å². The molecule has 0 aliphatic carbocycles. The number of piperidine rings is 1. The zero-order valence-corrected chi connectivity index (χ0v) is 18.3. The van der Waals surface area contributed by atoms with Gasteiger partial charge in [-0.15, -0.1) is 10.2 Å². The summed E-state index contributed by atoms with van der Waals surface area (Å²) in [4.78, 5) is 7.32. The van der Waals surface area contributed by atoms with E-state index in [9.17, 15) is 0 Å². The highest BCUT2D eigenvalue weighted by molar-refractivity contribution is 5.63. The largest absolute Gasteiger partial charge is 0.321 e. The topological polar surface area (TPSA) is 51.8 Å². The van der Waals surface area contributed by atoms with Gasteiger partial charge in [-0.3, -0.25) is 4.90 Å². The number of imidazole rings is 1. The van der Waals surface area contributed by atoms with Crippen LogP contribution in [0, 0.1) is 19.8 Å². The minimum Gasteiger partial charge on any atom is -0.321 e. The first-order chi connectivity index (χ1) is 13.9. The minimum atomic E-state index is 0.0627. The third kappa shape index (κ3) is 3.99. The quantitative estimate of drug-likeness (QED) is 0.655. The van der Waals surface area contributed by atoms with Gasteiger partial charge < -0.3 is 9.13 Å². The molecule has 2 aromatic heterocycles. The third-order valence-corrected chi connectivity index (χ3v) is 6.40. The fraction of sp³-hybridized carbons (Fsp3) is 0.522. The van der Waals surface area contributed by atoms with Gasteiger partial charge in [-0.2, -0.15) is 0 Å². The molecule has 1 unspecified atom stereocenters. The van der Waals surface area contributed by atoms with Gasteiger partial charge >= 0.3 is 0 Å². The highest BCUT2D eigenvalue weighted by Gasteiger charge is 2.21. The molecule has 6 heteroatoms. The van der Waals surface area contributed by atoms with Crippen LogP contribution in [0.15, 0.2) is 30.9 Å². The lowest BCUT2D eigenvalue weighted by molar-refractivity contribution is 0.185. The normalized spacial score (nSPS) is 17.0. The molecule has 0 bridgehead atoms. The van der Waals surface area contributed by atoms with Crippen molar-refractivity contribution in [2.45, 2.75) is 53.1 Å². The summed E-state index contributed by atoms with van der Waals surface area (Å²) in [5, 5.41) is 8.34. The molecule has 0 radical (unpaired) electrons. The van der Waals surface area contributed by atoms with E-state index in [1.54, 1.807) is 6.33 Å². The molecule has 3 heterocycles. The van der Waals surface area contributed by atoms with Gasteiger partial charge in [0.2, 0.25) is 0 Å². The fourth-order valence-electron chi connectivity index (χ4n) is 4.40. The van der Waals surface area contributed by atoms with Gasteiger partial charge in [0.15, 0.2) is 5.82 Å². The predicted molar refractivity (Wildman–Crippen MR) is 116 cm³/mol. The number of rotatable bonds is 5. The molecule has 1 atom stereocenters. The Labute approximate surface area is 173 Å². The van der Waals surface area contributed by atoms with Crippen molar-refractivity contribution in [3.05, 3.63) is 53.4 Å². The second-order valence-electron chi connectivity index (χ2n) is 8.69. The summed E-state index contributed by atoms with van der Waals surface area (Å²) < 4.78 is 4.17. The van der Waals surface area contributed by atoms with Crippen LogP contribution in [0.25, 0.3) is 11.4 Å². The number of benzene rings is 1. The molecule has 0 amide bonds. The highest BCUT2D eigenvalue weighted by Crippen LogP contribution is 2.30. The maximum atomic E-state index is 4.73. The number of nitrogens with zero attached hydrogens (tertiary/aromatic N) is 6. The molecule has 1 aliphatic heterocycles. The van der Waals surface area contributed by atoms with E-state index < -0.39 is 0 Å². The van der Waals surface area contributed by atoms with Crippen molar-refractivity contribution in [2.24, 2.45) is 13.0 Å². The second-order valence-corrected chi connectivity index (χ2v) is 8.69. The lowest BCUT2D eigenvalue weighted by Crippen LogP contribution is -2.32. The van der Waals surface area contributed by atoms with Crippen LogP contribution in [0.4, 0.5) is 0 Å². The van der Waals surface area contributed by atoms with Crippen molar-refractivity contribution in [1.29, 1.82) is 0 Å². The molecule has 1 aliphatic rings. The van der Waals surface area contributed by atoms with Crippen LogP contribution in [-0.2, 0) is 13.6 Å². The summed E-state index contributed by atoms with van der Waals surface area (Å²) in [7, 11) is 1.98. The summed E-state index contributed by atoms with van der Waals surface area (Å²) in [6.07, 6.45) is 8.28. The molecule has 0 N–H and O–H groups in total. The highest BCUT2D eigenvalue weighted by atomic mass is 15.3. The molecule has 1 saturated heterocycles. The molecule has 0 saturated carbocycles. The van der Waals surface area contributed by atoms with E-state index in [1.807, 2.05) is 24.0 Å². The van der Waals surface area contributed by atoms with Gasteiger partial charge in [0.05, 0.1) is 6.04 Å². The number of likely N-dealkylation sites (tertiary alicyclic amines) is 1. The summed E-state index contributed by atoms with van der Waals surface area (Å²) in [6.45, 7) is 12.3. The number of hydrogen-bond donors (Lipinski definition) is 0. The Kier molecular flexibility index (Phi) is 5.54. The summed E-state index contributed by atoms with van der Waals surface area (Å²) in [6, 6.07) is 4.72. The van der Waals surface area contributed by atoms with Crippen LogP contribution in [0.5, 0.6) is 0 Å². The summed E-state index contributed by atoms with van der Waals surface area (Å²) >= 11 is 0. The van der Waals surface area contributed by atoms with Crippen molar-refractivity contribution < 1.29 is 0 Å². The Balaban J connectivity index is 1.66. The molecule has 1 fully saturated rings. The summed E-state index contributed by atoms with van der Waals surface area (Å²) in [5.41, 5.74) is 5.23. The van der Waals surface area contributed by atoms with Crippen LogP contribution in [0.3, 0.4) is 0 Å². The molecular weight excluding hydrogens is 360 g/mol. The maximum Gasteiger partial charge on any atom is 0.155 e. The van der Waals surface area contributed by atoms with E-state index in [-0.39, 0.29) is 6.04 Å². The number of aromatic nitrogens is 5. The Bertz CT molecular complexity index is 977. The van der Waals surface area contributed by atoms with Crippen LogP contribution in [-0.4, -0.2) is 42.3 Å². The molecule has 0 spiro atoms. The second kappa shape index (κ2) is 8.11. The van der Waals surface area contributed by atoms with Crippen molar-refractivity contribution in [3.8, 4) is 11.4 Å². The average Bonchev–Trinajstić information content (AvgIpc) is 3.34. The Morgan fingerprint density at radius 1 is 1.14 bits per heavy atom. The lowest BCUT2D eigenvalue weighted by atomic mass is 9.96. The first-order valence-corrected chi connectivity index (χ1v) is 10.6. The van der Waals surface area contributed by atoms with E-state index in [0.29, 0.717) is 0 Å². The van der Waals surface area contributed by atoms with Crippen LogP contribution in [0.2, 0.25) is 0 Å². The van der Waals surface area contributed by atoms with Crippen molar-refractivity contribution in [3.63, 3.8) is 0 Å². The molecule has 4 rings (SSSR count). The molecule has 29 heavy (non-hydrogen) atoms. The van der Waals surface area contributed by atoms with E-state index in [0.717, 1.165) is 24.1 Å². The van der Waals surface area contributed by atoms with E-state index in [2.05, 4.69) is 59.5 Å². The molecule has 1 aromatic carbocycles. The first kappa shape index (κ1) is 19.8. The van der Waals surface area contributed by atoms with Gasteiger partial charge in [0.1, 0.15) is 12.2 Å². The fourth-order valence-corrected chi connectivity index (χ4v) is 4.40. The molecule has 6 nitrogen and oxygen atoms in total. The van der Waals surface area contributed by atoms with Crippen molar-refractivity contribution in [1.82, 2.24) is 29.2 Å². The zero-order valence-electron chi connectivity index (χ0n) is 18.3. The van der Waals surface area contributed by atoms with Gasteiger partial charge in [-0.1, -0.05) is 13.0 Å². The van der Waals surface area contributed by atoms with Crippen molar-refractivity contribution >= 4 is 0 Å². The SMILES string of the molecule is Cc1cc(C)c(-c2nccn2C(C)c2nncn2C)cc1CN1CCC(C)CC1. The Hall–Kier alpha value is -2.47. The average molecular weight is 393 g/mol. The maximum absolute atomic E-state index is 4.73. The van der Waals surface area contributed by atoms with E-state index in [1.165, 1.54) is 48.2 Å². The van der Waals surface area contributed by atoms with Gasteiger partial charge in [0.25, 0.3) is 0 Å². The van der Waals surface area contributed by atoms with Crippen LogP contribution >= 0.6 is 0 Å². The van der Waals surface area contributed by atoms with Gasteiger partial charge in [-0.05, 0) is 75.4 Å². The number of aryl methyl sites for hydroxylation is 3. The predicted octanol–water partition coefficient (Wildman–Crippen LogP) is 4.14. The van der Waals surface area contributed by atoms with E-state index in [4.69, 9.17) is 4.98 Å². The Morgan fingerprint density at radius 2 is 1.90 bits per heavy atom. The van der Waals surface area contributed by atoms with Gasteiger partial charge in [0, 0.05) is 31.5 Å². The van der Waals surface area contributed by atoms with E-state index >= 15 is 0 Å². The number of hydrogen-bond acceptors (Lipinski definition) is 4. The zero-order chi connectivity index (χ0) is 20.5. The smallest absolute Gasteiger partial charge is 0.155 e. The lowest BCUT2D eigenvalue weighted by Gasteiger charge is -2.31. The molecular formula is C23H32N6. The van der Waals surface area contributed by atoms with Crippen molar-refractivity contribution in [2.75, 3.05) is 13.1 Å². The molecule has 3 aromatic rings. The molecule has 154 valence electrons. The first-order valence-electron chi connectivity index (χ1n) is 10.6. The minimum absolute atomic E-state index is 0.0627.